The number of carboxylic acid groups (broad SMARTS) is 1. The van der Waals surface area contributed by atoms with Gasteiger partial charge in [0.05, 0.1) is 11.3 Å². The monoisotopic (exact) mass is 379 g/mol. The van der Waals surface area contributed by atoms with Crippen molar-refractivity contribution in [3.63, 3.8) is 0 Å². The topological polar surface area (TPSA) is 79.4 Å². The Morgan fingerprint density at radius 1 is 1.04 bits per heavy atom. The third kappa shape index (κ3) is 3.85. The molecule has 0 amide bonds. The fraction of sp³-hybridized carbons (Fsp3) is 0.304. The van der Waals surface area contributed by atoms with Gasteiger partial charge in [-0.1, -0.05) is 36.4 Å². The Balaban J connectivity index is 2.40. The van der Waals surface area contributed by atoms with Crippen molar-refractivity contribution in [1.82, 2.24) is 4.98 Å². The number of aromatic nitrogens is 1. The van der Waals surface area contributed by atoms with Crippen molar-refractivity contribution in [3.8, 4) is 11.1 Å². The zero-order valence-corrected chi connectivity index (χ0v) is 16.8. The molecule has 1 heterocycles. The van der Waals surface area contributed by atoms with Crippen LogP contribution in [0.3, 0.4) is 0 Å². The summed E-state index contributed by atoms with van der Waals surface area (Å²) < 4.78 is 5.84. The first-order valence-electron chi connectivity index (χ1n) is 9.21. The lowest BCUT2D eigenvalue weighted by Gasteiger charge is -2.27. The molecule has 0 radical (unpaired) electrons. The Labute approximate surface area is 164 Å². The summed E-state index contributed by atoms with van der Waals surface area (Å²) in [6, 6.07) is 13.2. The van der Waals surface area contributed by atoms with E-state index in [1.54, 1.807) is 32.9 Å². The smallest absolute Gasteiger partial charge is 0.339 e. The second-order valence-electron chi connectivity index (χ2n) is 8.04. The molecule has 0 saturated carbocycles. The zero-order chi connectivity index (χ0) is 20.6. The van der Waals surface area contributed by atoms with Gasteiger partial charge in [-0.2, -0.15) is 0 Å². The highest BCUT2D eigenvalue weighted by molar-refractivity contribution is 5.98. The van der Waals surface area contributed by atoms with Gasteiger partial charge in [0.15, 0.2) is 6.10 Å². The molecule has 5 heteroatoms. The van der Waals surface area contributed by atoms with E-state index in [2.05, 4.69) is 4.98 Å². The van der Waals surface area contributed by atoms with E-state index >= 15 is 0 Å². The molecule has 2 N–H and O–H groups in total. The molecular formula is C23H25NO4. The first-order valence-corrected chi connectivity index (χ1v) is 9.21. The van der Waals surface area contributed by atoms with Crippen molar-refractivity contribution in [2.75, 3.05) is 0 Å². The van der Waals surface area contributed by atoms with Crippen molar-refractivity contribution in [2.45, 2.75) is 46.3 Å². The Hall–Kier alpha value is -2.92. The van der Waals surface area contributed by atoms with Crippen molar-refractivity contribution < 1.29 is 14.6 Å². The molecule has 1 aromatic heterocycles. The van der Waals surface area contributed by atoms with E-state index in [0.717, 1.165) is 16.7 Å². The molecule has 0 bridgehead atoms. The maximum absolute atomic E-state index is 12.7. The van der Waals surface area contributed by atoms with Crippen LogP contribution in [0.25, 0.3) is 21.9 Å². The van der Waals surface area contributed by atoms with Crippen LogP contribution in [0.1, 0.15) is 43.7 Å². The Bertz CT molecular complexity index is 1110. The second kappa shape index (κ2) is 7.24. The fourth-order valence-electron chi connectivity index (χ4n) is 3.29. The van der Waals surface area contributed by atoms with Crippen molar-refractivity contribution in [3.05, 3.63) is 69.6 Å². The maximum atomic E-state index is 12.7. The number of aliphatic carboxylic acids is 1. The van der Waals surface area contributed by atoms with E-state index in [9.17, 15) is 14.7 Å². The van der Waals surface area contributed by atoms with Gasteiger partial charge in [0.2, 0.25) is 0 Å². The van der Waals surface area contributed by atoms with Crippen LogP contribution in [0.4, 0.5) is 0 Å². The number of carboxylic acids is 1. The van der Waals surface area contributed by atoms with E-state index in [1.807, 2.05) is 44.2 Å². The summed E-state index contributed by atoms with van der Waals surface area (Å²) in [6.07, 6.45) is -1.30. The summed E-state index contributed by atoms with van der Waals surface area (Å²) in [4.78, 5) is 27.6. The van der Waals surface area contributed by atoms with Gasteiger partial charge >= 0.3 is 5.97 Å². The molecule has 0 saturated heterocycles. The van der Waals surface area contributed by atoms with Crippen LogP contribution in [-0.2, 0) is 9.53 Å². The summed E-state index contributed by atoms with van der Waals surface area (Å²) >= 11 is 0. The minimum Gasteiger partial charge on any atom is -0.479 e. The van der Waals surface area contributed by atoms with Crippen LogP contribution in [0.5, 0.6) is 0 Å². The fourth-order valence-corrected chi connectivity index (χ4v) is 3.29. The molecule has 28 heavy (non-hydrogen) atoms. The Morgan fingerprint density at radius 3 is 2.25 bits per heavy atom. The number of H-pyrrole nitrogens is 1. The lowest BCUT2D eigenvalue weighted by atomic mass is 9.93. The first kappa shape index (κ1) is 19.8. The highest BCUT2D eigenvalue weighted by Crippen LogP contribution is 2.36. The SMILES string of the molecule is Cc1ccc(-c2c([C@H](OC(C)(C)C)C(=O)O)[nH]c(=O)c3ccccc23)cc1C. The van der Waals surface area contributed by atoms with E-state index in [-0.39, 0.29) is 11.3 Å². The summed E-state index contributed by atoms with van der Waals surface area (Å²) in [5.41, 5.74) is 2.97. The molecule has 0 fully saturated rings. The normalized spacial score (nSPS) is 12.9. The zero-order valence-electron chi connectivity index (χ0n) is 16.8. The van der Waals surface area contributed by atoms with Crippen molar-refractivity contribution in [2.24, 2.45) is 0 Å². The third-order valence-corrected chi connectivity index (χ3v) is 4.71. The van der Waals surface area contributed by atoms with Crippen molar-refractivity contribution in [1.29, 1.82) is 0 Å². The molecule has 2 aromatic carbocycles. The highest BCUT2D eigenvalue weighted by atomic mass is 16.5. The number of pyridine rings is 1. The quantitative estimate of drug-likeness (QED) is 0.685. The lowest BCUT2D eigenvalue weighted by Crippen LogP contribution is -2.29. The van der Waals surface area contributed by atoms with Gasteiger partial charge in [0.25, 0.3) is 5.56 Å². The van der Waals surface area contributed by atoms with Crippen LogP contribution in [-0.4, -0.2) is 21.7 Å². The van der Waals surface area contributed by atoms with Gasteiger partial charge in [0.1, 0.15) is 0 Å². The first-order chi connectivity index (χ1) is 13.1. The van der Waals surface area contributed by atoms with Crippen LogP contribution >= 0.6 is 0 Å². The predicted octanol–water partition coefficient (Wildman–Crippen LogP) is 4.75. The molecular weight excluding hydrogens is 354 g/mol. The predicted molar refractivity (Wildman–Crippen MR) is 111 cm³/mol. The number of nitrogens with one attached hydrogen (secondary N) is 1. The number of hydrogen-bond acceptors (Lipinski definition) is 3. The minimum absolute atomic E-state index is 0.259. The van der Waals surface area contributed by atoms with Gasteiger partial charge in [-0.05, 0) is 62.8 Å². The molecule has 0 spiro atoms. The molecule has 3 aromatic rings. The van der Waals surface area contributed by atoms with Crippen molar-refractivity contribution >= 4 is 16.7 Å². The lowest BCUT2D eigenvalue weighted by molar-refractivity contribution is -0.161. The largest absolute Gasteiger partial charge is 0.479 e. The van der Waals surface area contributed by atoms with Gasteiger partial charge in [-0.25, -0.2) is 4.79 Å². The summed E-state index contributed by atoms with van der Waals surface area (Å²) in [7, 11) is 0. The molecule has 0 aliphatic heterocycles. The number of aryl methyl sites for hydroxylation is 2. The van der Waals surface area contributed by atoms with Crippen LogP contribution in [0, 0.1) is 13.8 Å². The molecule has 0 unspecified atom stereocenters. The van der Waals surface area contributed by atoms with E-state index in [0.29, 0.717) is 16.3 Å². The summed E-state index contributed by atoms with van der Waals surface area (Å²) in [5, 5.41) is 11.1. The minimum atomic E-state index is -1.30. The molecule has 3 rings (SSSR count). The number of aromatic amines is 1. The molecule has 0 aliphatic rings. The number of hydrogen-bond donors (Lipinski definition) is 2. The number of carbonyl (C=O) groups is 1. The number of fused-ring (bicyclic) bond motifs is 1. The van der Waals surface area contributed by atoms with Gasteiger partial charge in [-0.3, -0.25) is 4.79 Å². The highest BCUT2D eigenvalue weighted by Gasteiger charge is 2.31. The number of ether oxygens (including phenoxy) is 1. The van der Waals surface area contributed by atoms with Crippen LogP contribution < -0.4 is 5.56 Å². The third-order valence-electron chi connectivity index (χ3n) is 4.71. The molecule has 146 valence electrons. The van der Waals surface area contributed by atoms with E-state index in [4.69, 9.17) is 4.74 Å². The Morgan fingerprint density at radius 2 is 1.68 bits per heavy atom. The average molecular weight is 379 g/mol. The Kier molecular flexibility index (Phi) is 5.13. The molecule has 1 atom stereocenters. The summed E-state index contributed by atoms with van der Waals surface area (Å²) in [6.45, 7) is 9.40. The van der Waals surface area contributed by atoms with Crippen LogP contribution in [0.15, 0.2) is 47.3 Å². The molecule has 5 nitrogen and oxygen atoms in total. The standard InChI is InChI=1S/C23H25NO4/c1-13-10-11-15(12-14(13)2)18-16-8-6-7-9-17(16)21(25)24-19(18)20(22(26)27)28-23(3,4)5/h6-12,20H,1-5H3,(H,24,25)(H,26,27)/t20-/m0/s1. The summed E-state index contributed by atoms with van der Waals surface area (Å²) in [5.74, 6) is -1.15. The van der Waals surface area contributed by atoms with Gasteiger partial charge in [0, 0.05) is 10.9 Å². The number of rotatable bonds is 4. The van der Waals surface area contributed by atoms with Gasteiger partial charge < -0.3 is 14.8 Å². The van der Waals surface area contributed by atoms with E-state index in [1.165, 1.54) is 0 Å². The van der Waals surface area contributed by atoms with Crippen LogP contribution in [0.2, 0.25) is 0 Å². The average Bonchev–Trinajstić information content (AvgIpc) is 2.61. The second-order valence-corrected chi connectivity index (χ2v) is 8.04. The number of benzene rings is 2. The van der Waals surface area contributed by atoms with E-state index < -0.39 is 17.7 Å². The maximum Gasteiger partial charge on any atom is 0.339 e. The van der Waals surface area contributed by atoms with Gasteiger partial charge in [-0.15, -0.1) is 0 Å². The molecule has 0 aliphatic carbocycles.